The monoisotopic (exact) mass is 468 g/mol. The Labute approximate surface area is 200 Å². The van der Waals surface area contributed by atoms with E-state index in [0.29, 0.717) is 0 Å². The summed E-state index contributed by atoms with van der Waals surface area (Å²) >= 11 is 1.90. The van der Waals surface area contributed by atoms with Gasteiger partial charge in [-0.1, -0.05) is 6.92 Å². The van der Waals surface area contributed by atoms with Crippen molar-refractivity contribution < 1.29 is 4.79 Å². The Bertz CT molecular complexity index is 1020. The Morgan fingerprint density at radius 3 is 2.39 bits per heavy atom. The SMILES string of the molecule is CC1CCN(Cc2nc(N3CCN(C(=O)N4CCCC4)CC3)c3c4c(sc3n2)CCC4)CC1. The van der Waals surface area contributed by atoms with E-state index < -0.39 is 0 Å². The second kappa shape index (κ2) is 9.02. The number of aromatic nitrogens is 2. The molecule has 2 amide bonds. The summed E-state index contributed by atoms with van der Waals surface area (Å²) in [6.07, 6.45) is 8.43. The van der Waals surface area contributed by atoms with Gasteiger partial charge >= 0.3 is 6.03 Å². The van der Waals surface area contributed by atoms with Gasteiger partial charge in [-0.2, -0.15) is 0 Å². The van der Waals surface area contributed by atoms with Crippen molar-refractivity contribution >= 4 is 33.4 Å². The molecule has 178 valence electrons. The molecule has 0 aromatic carbocycles. The topological polar surface area (TPSA) is 55.8 Å². The number of fused-ring (bicyclic) bond motifs is 3. The van der Waals surface area contributed by atoms with Crippen LogP contribution in [0, 0.1) is 5.92 Å². The van der Waals surface area contributed by atoms with E-state index in [1.54, 1.807) is 0 Å². The number of carbonyl (C=O) groups excluding carboxylic acids is 1. The van der Waals surface area contributed by atoms with Crippen molar-refractivity contribution in [2.45, 2.75) is 58.4 Å². The van der Waals surface area contributed by atoms with Crippen LogP contribution in [0.15, 0.2) is 0 Å². The first-order valence-corrected chi connectivity index (χ1v) is 13.8. The van der Waals surface area contributed by atoms with Gasteiger partial charge in [0.1, 0.15) is 16.5 Å². The second-order valence-electron chi connectivity index (χ2n) is 10.4. The van der Waals surface area contributed by atoms with Gasteiger partial charge in [0.25, 0.3) is 0 Å². The number of nitrogens with zero attached hydrogens (tertiary/aromatic N) is 6. The summed E-state index contributed by atoms with van der Waals surface area (Å²) in [5, 5.41) is 1.31. The fourth-order valence-corrected chi connectivity index (χ4v) is 7.23. The molecule has 3 fully saturated rings. The van der Waals surface area contributed by atoms with Crippen LogP contribution in [0.5, 0.6) is 0 Å². The molecule has 0 radical (unpaired) electrons. The summed E-state index contributed by atoms with van der Waals surface area (Å²) in [4.78, 5) is 34.9. The third-order valence-electron chi connectivity index (χ3n) is 8.06. The summed E-state index contributed by atoms with van der Waals surface area (Å²) in [7, 11) is 0. The Morgan fingerprint density at radius 2 is 1.64 bits per heavy atom. The van der Waals surface area contributed by atoms with E-state index >= 15 is 0 Å². The first-order chi connectivity index (χ1) is 16.2. The van der Waals surface area contributed by atoms with Crippen LogP contribution in [0.2, 0.25) is 0 Å². The number of hydrogen-bond donors (Lipinski definition) is 0. The van der Waals surface area contributed by atoms with Crippen molar-refractivity contribution in [3.8, 4) is 0 Å². The minimum absolute atomic E-state index is 0.233. The van der Waals surface area contributed by atoms with Crippen molar-refractivity contribution in [1.29, 1.82) is 0 Å². The first-order valence-electron chi connectivity index (χ1n) is 13.0. The number of thiophene rings is 1. The van der Waals surface area contributed by atoms with Crippen molar-refractivity contribution in [1.82, 2.24) is 24.7 Å². The van der Waals surface area contributed by atoms with Gasteiger partial charge in [-0.15, -0.1) is 11.3 Å². The van der Waals surface area contributed by atoms with Crippen LogP contribution >= 0.6 is 11.3 Å². The zero-order valence-electron chi connectivity index (χ0n) is 19.9. The zero-order chi connectivity index (χ0) is 22.4. The first kappa shape index (κ1) is 21.6. The van der Waals surface area contributed by atoms with Gasteiger partial charge in [-0.25, -0.2) is 14.8 Å². The van der Waals surface area contributed by atoms with E-state index in [2.05, 4.69) is 16.7 Å². The van der Waals surface area contributed by atoms with Crippen molar-refractivity contribution in [2.75, 3.05) is 57.3 Å². The smallest absolute Gasteiger partial charge is 0.320 e. The largest absolute Gasteiger partial charge is 0.352 e. The lowest BCUT2D eigenvalue weighted by Gasteiger charge is -2.37. The van der Waals surface area contributed by atoms with Crippen LogP contribution in [0.3, 0.4) is 0 Å². The second-order valence-corrected chi connectivity index (χ2v) is 11.5. The Hall–Kier alpha value is -1.93. The average Bonchev–Trinajstić information content (AvgIpc) is 3.58. The summed E-state index contributed by atoms with van der Waals surface area (Å²) < 4.78 is 0. The number of amides is 2. The Morgan fingerprint density at radius 1 is 0.909 bits per heavy atom. The third kappa shape index (κ3) is 4.20. The molecule has 0 atom stereocenters. The molecular formula is C25H36N6OS. The summed E-state index contributed by atoms with van der Waals surface area (Å²) in [5.41, 5.74) is 1.50. The van der Waals surface area contributed by atoms with Crippen LogP contribution in [-0.4, -0.2) is 83.1 Å². The van der Waals surface area contributed by atoms with Gasteiger partial charge in [-0.05, 0) is 69.5 Å². The maximum absolute atomic E-state index is 12.9. The number of hydrogen-bond acceptors (Lipinski definition) is 6. The van der Waals surface area contributed by atoms with Gasteiger partial charge in [-0.3, -0.25) is 4.90 Å². The molecule has 4 aliphatic rings. The maximum Gasteiger partial charge on any atom is 0.320 e. The van der Waals surface area contributed by atoms with Gasteiger partial charge in [0.2, 0.25) is 0 Å². The number of piperidine rings is 1. The highest BCUT2D eigenvalue weighted by molar-refractivity contribution is 7.19. The molecule has 3 aliphatic heterocycles. The fraction of sp³-hybridized carbons (Fsp3) is 0.720. The molecule has 0 N–H and O–H groups in total. The van der Waals surface area contributed by atoms with E-state index in [9.17, 15) is 4.79 Å². The predicted molar refractivity (Wildman–Crippen MR) is 133 cm³/mol. The van der Waals surface area contributed by atoms with Crippen molar-refractivity contribution in [3.63, 3.8) is 0 Å². The molecule has 8 heteroatoms. The standard InChI is InChI=1S/C25H36N6OS/c1-18-7-11-28(12-8-18)17-21-26-23(22-19-5-4-6-20(19)33-24(22)27-21)29-13-15-31(16-14-29)25(32)30-9-2-3-10-30/h18H,2-17H2,1H3. The van der Waals surface area contributed by atoms with E-state index in [-0.39, 0.29) is 6.03 Å². The molecule has 33 heavy (non-hydrogen) atoms. The summed E-state index contributed by atoms with van der Waals surface area (Å²) in [5.74, 6) is 2.94. The average molecular weight is 469 g/mol. The maximum atomic E-state index is 12.9. The molecule has 7 nitrogen and oxygen atoms in total. The summed E-state index contributed by atoms with van der Waals surface area (Å²) in [6.45, 7) is 10.6. The van der Waals surface area contributed by atoms with Crippen LogP contribution in [0.25, 0.3) is 10.2 Å². The van der Waals surface area contributed by atoms with E-state index in [0.717, 1.165) is 95.7 Å². The lowest BCUT2D eigenvalue weighted by molar-refractivity contribution is 0.159. The number of aryl methyl sites for hydroxylation is 2. The zero-order valence-corrected chi connectivity index (χ0v) is 20.7. The number of likely N-dealkylation sites (tertiary alicyclic amines) is 2. The fourth-order valence-electron chi connectivity index (χ4n) is 5.96. The highest BCUT2D eigenvalue weighted by atomic mass is 32.1. The van der Waals surface area contributed by atoms with E-state index in [1.165, 1.54) is 46.3 Å². The molecule has 6 rings (SSSR count). The lowest BCUT2D eigenvalue weighted by atomic mass is 9.99. The minimum Gasteiger partial charge on any atom is -0.352 e. The third-order valence-corrected chi connectivity index (χ3v) is 9.25. The molecule has 2 aromatic heterocycles. The highest BCUT2D eigenvalue weighted by Crippen LogP contribution is 2.41. The molecule has 3 saturated heterocycles. The molecule has 0 unspecified atom stereocenters. The van der Waals surface area contributed by atoms with Crippen LogP contribution < -0.4 is 4.90 Å². The summed E-state index contributed by atoms with van der Waals surface area (Å²) in [6, 6.07) is 0.233. The Balaban J connectivity index is 1.24. The van der Waals surface area contributed by atoms with Crippen LogP contribution in [0.4, 0.5) is 10.6 Å². The number of carbonyl (C=O) groups is 1. The molecule has 0 saturated carbocycles. The number of anilines is 1. The van der Waals surface area contributed by atoms with Gasteiger partial charge in [0.05, 0.1) is 11.9 Å². The number of urea groups is 1. The normalized spacial score (nSPS) is 22.5. The van der Waals surface area contributed by atoms with E-state index in [4.69, 9.17) is 9.97 Å². The Kier molecular flexibility index (Phi) is 5.90. The molecular weight excluding hydrogens is 432 g/mol. The number of piperazine rings is 1. The lowest BCUT2D eigenvalue weighted by Crippen LogP contribution is -2.52. The van der Waals surface area contributed by atoms with Crippen LogP contribution in [0.1, 0.15) is 55.3 Å². The molecule has 2 aromatic rings. The van der Waals surface area contributed by atoms with Gasteiger partial charge in [0, 0.05) is 44.1 Å². The highest BCUT2D eigenvalue weighted by Gasteiger charge is 2.30. The van der Waals surface area contributed by atoms with Crippen LogP contribution in [-0.2, 0) is 19.4 Å². The predicted octanol–water partition coefficient (Wildman–Crippen LogP) is 3.75. The number of rotatable bonds is 3. The minimum atomic E-state index is 0.233. The van der Waals surface area contributed by atoms with Crippen molar-refractivity contribution in [2.24, 2.45) is 5.92 Å². The van der Waals surface area contributed by atoms with Gasteiger partial charge < -0.3 is 14.7 Å². The van der Waals surface area contributed by atoms with E-state index in [1.807, 2.05) is 21.1 Å². The quantitative estimate of drug-likeness (QED) is 0.687. The van der Waals surface area contributed by atoms with Gasteiger partial charge in [0.15, 0.2) is 0 Å². The molecule has 1 aliphatic carbocycles. The molecule has 0 bridgehead atoms. The molecule has 0 spiro atoms. The molecule has 5 heterocycles. The van der Waals surface area contributed by atoms with Crippen molar-refractivity contribution in [3.05, 3.63) is 16.3 Å².